The molecule has 3 rings (SSSR count). The van der Waals surface area contributed by atoms with Crippen LogP contribution in [-0.4, -0.2) is 29.6 Å². The number of rotatable bonds is 3. The highest BCUT2D eigenvalue weighted by Crippen LogP contribution is 2.36. The number of nitrogens with zero attached hydrogens (tertiary/aromatic N) is 1. The van der Waals surface area contributed by atoms with Crippen LogP contribution in [0, 0.1) is 5.92 Å². The average molecular weight is 196 g/mol. The van der Waals surface area contributed by atoms with Crippen molar-refractivity contribution in [1.82, 2.24) is 4.90 Å². The largest absolute Gasteiger partial charge is 0.328 e. The highest BCUT2D eigenvalue weighted by Gasteiger charge is 2.35. The summed E-state index contributed by atoms with van der Waals surface area (Å²) in [4.78, 5) is 2.72. The van der Waals surface area contributed by atoms with Crippen molar-refractivity contribution in [3.8, 4) is 0 Å². The normalized spacial score (nSPS) is 37.1. The van der Waals surface area contributed by atoms with Crippen LogP contribution in [0.3, 0.4) is 0 Å². The van der Waals surface area contributed by atoms with Crippen molar-refractivity contribution in [2.24, 2.45) is 11.7 Å². The molecule has 0 aromatic carbocycles. The van der Waals surface area contributed by atoms with Crippen LogP contribution >= 0.6 is 0 Å². The molecule has 2 saturated heterocycles. The molecule has 1 aliphatic carbocycles. The molecule has 2 unspecified atom stereocenters. The van der Waals surface area contributed by atoms with Crippen molar-refractivity contribution in [2.75, 3.05) is 6.54 Å². The van der Waals surface area contributed by atoms with Gasteiger partial charge in [-0.25, -0.2) is 0 Å². The highest BCUT2D eigenvalue weighted by atomic mass is 15.2. The molecule has 14 heavy (non-hydrogen) atoms. The Labute approximate surface area is 87.8 Å². The Kier molecular flexibility index (Phi) is 3.13. The van der Waals surface area contributed by atoms with Crippen molar-refractivity contribution in [3.05, 3.63) is 0 Å². The maximum atomic E-state index is 5.87. The smallest absolute Gasteiger partial charge is 0.00984 e. The zero-order valence-corrected chi connectivity index (χ0v) is 9.58. The molecule has 1 saturated carbocycles. The summed E-state index contributed by atoms with van der Waals surface area (Å²) in [7, 11) is 0. The number of fused-ring (bicyclic) bond motifs is 3. The van der Waals surface area contributed by atoms with E-state index < -0.39 is 0 Å². The van der Waals surface area contributed by atoms with Crippen molar-refractivity contribution < 1.29 is 0 Å². The van der Waals surface area contributed by atoms with Gasteiger partial charge in [-0.05, 0) is 51.9 Å². The number of hydrogen-bond donors (Lipinski definition) is 1. The topological polar surface area (TPSA) is 29.3 Å². The quantitative estimate of drug-likeness (QED) is 0.748. The van der Waals surface area contributed by atoms with E-state index in [1.807, 2.05) is 0 Å². The van der Waals surface area contributed by atoms with Gasteiger partial charge in [0, 0.05) is 24.7 Å². The maximum absolute atomic E-state index is 5.87. The summed E-state index contributed by atoms with van der Waals surface area (Å²) in [5.74, 6) is 0.996. The third-order valence-electron chi connectivity index (χ3n) is 4.03. The highest BCUT2D eigenvalue weighted by molar-refractivity contribution is 4.90. The molecule has 0 aromatic rings. The fourth-order valence-corrected chi connectivity index (χ4v) is 3.32. The minimum Gasteiger partial charge on any atom is -0.328 e. The SMILES string of the molecule is CC(N)CC(C)N1CC2CCC1CC2. The predicted octanol–water partition coefficient (Wildman–Crippen LogP) is 1.99. The van der Waals surface area contributed by atoms with Gasteiger partial charge in [-0.15, -0.1) is 0 Å². The van der Waals surface area contributed by atoms with Gasteiger partial charge in [0.05, 0.1) is 0 Å². The Hall–Kier alpha value is -0.0800. The minimum atomic E-state index is 0.352. The first-order valence-corrected chi connectivity index (χ1v) is 6.18. The van der Waals surface area contributed by atoms with Crippen LogP contribution in [0.1, 0.15) is 46.0 Å². The number of nitrogens with two attached hydrogens (primary N) is 1. The molecule has 2 heterocycles. The predicted molar refractivity (Wildman–Crippen MR) is 60.2 cm³/mol. The molecule has 2 heteroatoms. The van der Waals surface area contributed by atoms with Crippen molar-refractivity contribution in [3.63, 3.8) is 0 Å². The first-order valence-electron chi connectivity index (χ1n) is 6.18. The second kappa shape index (κ2) is 4.19. The zero-order chi connectivity index (χ0) is 10.1. The van der Waals surface area contributed by atoms with E-state index >= 15 is 0 Å². The molecule has 2 nitrogen and oxygen atoms in total. The van der Waals surface area contributed by atoms with E-state index in [0.717, 1.165) is 18.4 Å². The van der Waals surface area contributed by atoms with Gasteiger partial charge < -0.3 is 5.73 Å². The van der Waals surface area contributed by atoms with E-state index in [9.17, 15) is 0 Å². The van der Waals surface area contributed by atoms with Crippen molar-refractivity contribution in [1.29, 1.82) is 0 Å². The van der Waals surface area contributed by atoms with Gasteiger partial charge in [-0.3, -0.25) is 4.90 Å². The molecular weight excluding hydrogens is 172 g/mol. The van der Waals surface area contributed by atoms with E-state index in [1.54, 1.807) is 0 Å². The summed E-state index contributed by atoms with van der Waals surface area (Å²) in [5, 5.41) is 0. The standard InChI is InChI=1S/C12H24N2/c1-9(13)7-10(2)14-8-11-3-5-12(14)6-4-11/h9-12H,3-8,13H2,1-2H3. The van der Waals surface area contributed by atoms with E-state index in [0.29, 0.717) is 12.1 Å². The Morgan fingerprint density at radius 2 is 1.86 bits per heavy atom. The third-order valence-corrected chi connectivity index (χ3v) is 4.03. The van der Waals surface area contributed by atoms with Gasteiger partial charge in [0.2, 0.25) is 0 Å². The fraction of sp³-hybridized carbons (Fsp3) is 1.00. The summed E-state index contributed by atoms with van der Waals surface area (Å²) in [6, 6.07) is 1.93. The third kappa shape index (κ3) is 2.12. The summed E-state index contributed by atoms with van der Waals surface area (Å²) in [5.41, 5.74) is 5.87. The first kappa shape index (κ1) is 10.4. The molecule has 82 valence electrons. The van der Waals surface area contributed by atoms with Gasteiger partial charge in [0.15, 0.2) is 0 Å². The number of hydrogen-bond acceptors (Lipinski definition) is 2. The summed E-state index contributed by atoms with van der Waals surface area (Å²) in [6.07, 6.45) is 6.99. The Morgan fingerprint density at radius 1 is 1.21 bits per heavy atom. The maximum Gasteiger partial charge on any atom is 0.00984 e. The van der Waals surface area contributed by atoms with Crippen molar-refractivity contribution in [2.45, 2.75) is 64.1 Å². The Balaban J connectivity index is 1.91. The molecule has 0 radical (unpaired) electrons. The van der Waals surface area contributed by atoms with E-state index in [2.05, 4.69) is 18.7 Å². The van der Waals surface area contributed by atoms with Gasteiger partial charge >= 0.3 is 0 Å². The number of piperidine rings is 2. The molecule has 2 bridgehead atoms. The lowest BCUT2D eigenvalue weighted by atomic mass is 9.79. The van der Waals surface area contributed by atoms with Crippen LogP contribution in [0.25, 0.3) is 0 Å². The lowest BCUT2D eigenvalue weighted by molar-refractivity contribution is 0.0153. The Morgan fingerprint density at radius 3 is 2.29 bits per heavy atom. The van der Waals surface area contributed by atoms with Gasteiger partial charge in [0.1, 0.15) is 0 Å². The molecular formula is C12H24N2. The zero-order valence-electron chi connectivity index (χ0n) is 9.58. The first-order chi connectivity index (χ1) is 6.66. The Bertz CT molecular complexity index is 183. The van der Waals surface area contributed by atoms with Crippen LogP contribution in [-0.2, 0) is 0 Å². The molecule has 3 fully saturated rings. The minimum absolute atomic E-state index is 0.352. The van der Waals surface area contributed by atoms with Crippen LogP contribution < -0.4 is 5.73 Å². The summed E-state index contributed by atoms with van der Waals surface area (Å²) >= 11 is 0. The van der Waals surface area contributed by atoms with Crippen molar-refractivity contribution >= 4 is 0 Å². The van der Waals surface area contributed by atoms with E-state index in [-0.39, 0.29) is 0 Å². The van der Waals surface area contributed by atoms with Crippen LogP contribution in [0.2, 0.25) is 0 Å². The average Bonchev–Trinajstić information content (AvgIpc) is 2.18. The fourth-order valence-electron chi connectivity index (χ4n) is 3.32. The molecule has 2 atom stereocenters. The van der Waals surface area contributed by atoms with Crippen LogP contribution in [0.5, 0.6) is 0 Å². The molecule has 0 aromatic heterocycles. The monoisotopic (exact) mass is 196 g/mol. The van der Waals surface area contributed by atoms with Gasteiger partial charge in [-0.2, -0.15) is 0 Å². The van der Waals surface area contributed by atoms with Gasteiger partial charge in [-0.1, -0.05) is 0 Å². The molecule has 2 aliphatic heterocycles. The van der Waals surface area contributed by atoms with Crippen LogP contribution in [0.15, 0.2) is 0 Å². The molecule has 0 amide bonds. The second-order valence-electron chi connectivity index (χ2n) is 5.43. The molecule has 0 spiro atoms. The summed E-state index contributed by atoms with van der Waals surface area (Å²) < 4.78 is 0. The van der Waals surface area contributed by atoms with Gasteiger partial charge in [0.25, 0.3) is 0 Å². The molecule has 3 aliphatic rings. The van der Waals surface area contributed by atoms with E-state index in [1.165, 1.54) is 32.2 Å². The van der Waals surface area contributed by atoms with E-state index in [4.69, 9.17) is 5.73 Å². The molecule has 2 N–H and O–H groups in total. The lowest BCUT2D eigenvalue weighted by Crippen LogP contribution is -2.52. The van der Waals surface area contributed by atoms with Crippen LogP contribution in [0.4, 0.5) is 0 Å². The second-order valence-corrected chi connectivity index (χ2v) is 5.43. The summed E-state index contributed by atoms with van der Waals surface area (Å²) in [6.45, 7) is 5.82. The lowest BCUT2D eigenvalue weighted by Gasteiger charge is -2.48.